The van der Waals surface area contributed by atoms with Crippen LogP contribution in [0.15, 0.2) is 42.5 Å². The summed E-state index contributed by atoms with van der Waals surface area (Å²) in [6, 6.07) is 11.8. The lowest BCUT2D eigenvalue weighted by Gasteiger charge is -2.30. The summed E-state index contributed by atoms with van der Waals surface area (Å²) in [5, 5.41) is 11.1. The molecule has 0 N–H and O–H groups in total. The van der Waals surface area contributed by atoms with Crippen LogP contribution >= 0.6 is 0 Å². The average molecular weight is 411 g/mol. The van der Waals surface area contributed by atoms with Gasteiger partial charge in [0.05, 0.1) is 17.7 Å². The molecule has 1 saturated heterocycles. The van der Waals surface area contributed by atoms with Crippen molar-refractivity contribution in [1.29, 1.82) is 0 Å². The molecule has 0 aromatic heterocycles. The molecule has 4 rings (SSSR count). The number of likely N-dealkylation sites (tertiary alicyclic amines) is 1. The van der Waals surface area contributed by atoms with Gasteiger partial charge in [-0.2, -0.15) is 0 Å². The Balaban J connectivity index is 1.47. The fourth-order valence-corrected chi connectivity index (χ4v) is 3.85. The first-order chi connectivity index (χ1) is 14.5. The number of anilines is 1. The summed E-state index contributed by atoms with van der Waals surface area (Å²) >= 11 is 0. The number of nitro benzene ring substituents is 1. The van der Waals surface area contributed by atoms with Crippen molar-refractivity contribution in [2.45, 2.75) is 12.3 Å². The zero-order valence-corrected chi connectivity index (χ0v) is 16.4. The van der Waals surface area contributed by atoms with E-state index in [4.69, 9.17) is 9.47 Å². The lowest BCUT2D eigenvalue weighted by atomic mass is 9.98. The Morgan fingerprint density at radius 1 is 1.27 bits per heavy atom. The number of nitro groups is 1. The molecule has 2 aliphatic rings. The van der Waals surface area contributed by atoms with Crippen LogP contribution in [0.4, 0.5) is 11.4 Å². The molecule has 1 atom stereocenters. The highest BCUT2D eigenvalue weighted by atomic mass is 16.6. The van der Waals surface area contributed by atoms with E-state index in [2.05, 4.69) is 0 Å². The monoisotopic (exact) mass is 411 g/mol. The minimum absolute atomic E-state index is 0.162. The molecule has 156 valence electrons. The topological polar surface area (TPSA) is 102 Å². The van der Waals surface area contributed by atoms with Gasteiger partial charge in [0.2, 0.25) is 5.91 Å². The molecule has 2 heterocycles. The van der Waals surface area contributed by atoms with Gasteiger partial charge in [0.15, 0.2) is 6.61 Å². The van der Waals surface area contributed by atoms with E-state index in [1.165, 1.54) is 23.1 Å². The highest BCUT2D eigenvalue weighted by Gasteiger charge is 2.33. The molecule has 0 aliphatic carbocycles. The summed E-state index contributed by atoms with van der Waals surface area (Å²) in [5.74, 6) is 0.753. The second kappa shape index (κ2) is 8.02. The Morgan fingerprint density at radius 2 is 2.03 bits per heavy atom. The van der Waals surface area contributed by atoms with Gasteiger partial charge < -0.3 is 14.4 Å². The van der Waals surface area contributed by atoms with Gasteiger partial charge in [0, 0.05) is 31.1 Å². The first kappa shape index (κ1) is 19.7. The van der Waals surface area contributed by atoms with Crippen LogP contribution in [0.2, 0.25) is 0 Å². The number of fused-ring (bicyclic) bond motifs is 1. The molecule has 9 heteroatoms. The molecule has 2 aromatic carbocycles. The van der Waals surface area contributed by atoms with E-state index >= 15 is 0 Å². The van der Waals surface area contributed by atoms with Crippen LogP contribution in [0, 0.1) is 10.1 Å². The summed E-state index contributed by atoms with van der Waals surface area (Å²) in [4.78, 5) is 38.8. The van der Waals surface area contributed by atoms with E-state index in [9.17, 15) is 19.7 Å². The number of carbonyl (C=O) groups is 2. The predicted octanol–water partition coefficient (Wildman–Crippen LogP) is 2.34. The number of amides is 2. The second-order valence-electron chi connectivity index (χ2n) is 7.28. The van der Waals surface area contributed by atoms with Crippen molar-refractivity contribution in [1.82, 2.24) is 4.90 Å². The van der Waals surface area contributed by atoms with Gasteiger partial charge in [-0.05, 0) is 30.2 Å². The van der Waals surface area contributed by atoms with E-state index < -0.39 is 10.8 Å². The van der Waals surface area contributed by atoms with E-state index in [1.807, 2.05) is 24.3 Å². The van der Waals surface area contributed by atoms with Crippen LogP contribution in [-0.2, 0) is 9.59 Å². The van der Waals surface area contributed by atoms with Crippen LogP contribution in [0.1, 0.15) is 17.9 Å². The standard InChI is InChI=1S/C21H21N3O6/c1-29-17-5-2-14(3-6-17)15-8-9-22(11-15)20(25)12-23-18-10-16(24(27)28)4-7-19(18)30-13-21(23)26/h2-7,10,15H,8-9,11-13H2,1H3. The van der Waals surface area contributed by atoms with Gasteiger partial charge in [-0.25, -0.2) is 0 Å². The number of carbonyl (C=O) groups excluding carboxylic acids is 2. The largest absolute Gasteiger partial charge is 0.497 e. The zero-order valence-electron chi connectivity index (χ0n) is 16.4. The van der Waals surface area contributed by atoms with E-state index in [-0.39, 0.29) is 36.4 Å². The number of rotatable bonds is 5. The number of methoxy groups -OCH3 is 1. The summed E-state index contributed by atoms with van der Waals surface area (Å²) in [7, 11) is 1.62. The first-order valence-electron chi connectivity index (χ1n) is 9.59. The molecule has 0 bridgehead atoms. The van der Waals surface area contributed by atoms with Crippen LogP contribution < -0.4 is 14.4 Å². The third kappa shape index (κ3) is 3.78. The van der Waals surface area contributed by atoms with Crippen LogP contribution in [-0.4, -0.2) is 55.0 Å². The van der Waals surface area contributed by atoms with Crippen molar-refractivity contribution in [3.05, 3.63) is 58.1 Å². The Kier molecular flexibility index (Phi) is 5.26. The number of nitrogens with zero attached hydrogens (tertiary/aromatic N) is 3. The SMILES string of the molecule is COc1ccc(C2CCN(C(=O)CN3C(=O)COc4ccc([N+](=O)[O-])cc43)C2)cc1. The number of non-ortho nitro benzene ring substituents is 1. The van der Waals surface area contributed by atoms with Crippen molar-refractivity contribution in [3.8, 4) is 11.5 Å². The average Bonchev–Trinajstić information content (AvgIpc) is 3.26. The maximum atomic E-state index is 12.9. The number of hydrogen-bond donors (Lipinski definition) is 0. The Bertz CT molecular complexity index is 991. The molecule has 1 fully saturated rings. The molecule has 0 spiro atoms. The lowest BCUT2D eigenvalue weighted by molar-refractivity contribution is -0.384. The normalized spacial score (nSPS) is 18.0. The second-order valence-corrected chi connectivity index (χ2v) is 7.28. The quantitative estimate of drug-likeness (QED) is 0.553. The summed E-state index contributed by atoms with van der Waals surface area (Å²) < 4.78 is 10.5. The smallest absolute Gasteiger partial charge is 0.271 e. The van der Waals surface area contributed by atoms with Crippen LogP contribution in [0.5, 0.6) is 11.5 Å². The number of hydrogen-bond acceptors (Lipinski definition) is 6. The Morgan fingerprint density at radius 3 is 2.73 bits per heavy atom. The van der Waals surface area contributed by atoms with Gasteiger partial charge in [0.1, 0.15) is 18.0 Å². The fourth-order valence-electron chi connectivity index (χ4n) is 3.85. The summed E-state index contributed by atoms with van der Waals surface area (Å²) in [5.41, 5.74) is 1.22. The highest BCUT2D eigenvalue weighted by molar-refractivity contribution is 6.02. The molecule has 9 nitrogen and oxygen atoms in total. The van der Waals surface area contributed by atoms with Gasteiger partial charge in [0.25, 0.3) is 11.6 Å². The molecule has 1 unspecified atom stereocenters. The van der Waals surface area contributed by atoms with Gasteiger partial charge in [-0.3, -0.25) is 24.6 Å². The molecule has 30 heavy (non-hydrogen) atoms. The Labute approximate surface area is 172 Å². The fraction of sp³-hybridized carbons (Fsp3) is 0.333. The minimum atomic E-state index is -0.542. The third-order valence-corrected chi connectivity index (χ3v) is 5.52. The van der Waals surface area contributed by atoms with Crippen LogP contribution in [0.25, 0.3) is 0 Å². The lowest BCUT2D eigenvalue weighted by Crippen LogP contribution is -2.46. The van der Waals surface area contributed by atoms with E-state index in [1.54, 1.807) is 12.0 Å². The maximum Gasteiger partial charge on any atom is 0.271 e. The number of benzene rings is 2. The molecule has 2 aromatic rings. The van der Waals surface area contributed by atoms with Crippen LogP contribution in [0.3, 0.4) is 0 Å². The van der Waals surface area contributed by atoms with Crippen molar-refractivity contribution < 1.29 is 24.0 Å². The predicted molar refractivity (Wildman–Crippen MR) is 108 cm³/mol. The van der Waals surface area contributed by atoms with Gasteiger partial charge in [-0.1, -0.05) is 12.1 Å². The molecule has 0 saturated carbocycles. The van der Waals surface area contributed by atoms with Crippen molar-refractivity contribution >= 4 is 23.2 Å². The molecule has 0 radical (unpaired) electrons. The molecular formula is C21H21N3O6. The van der Waals surface area contributed by atoms with E-state index in [0.717, 1.165) is 17.7 Å². The van der Waals surface area contributed by atoms with E-state index in [0.29, 0.717) is 18.8 Å². The minimum Gasteiger partial charge on any atom is -0.497 e. The summed E-state index contributed by atoms with van der Waals surface area (Å²) in [6.07, 6.45) is 0.831. The van der Waals surface area contributed by atoms with Crippen molar-refractivity contribution in [2.75, 3.05) is 38.3 Å². The van der Waals surface area contributed by atoms with Gasteiger partial charge >= 0.3 is 0 Å². The third-order valence-electron chi connectivity index (χ3n) is 5.52. The summed E-state index contributed by atoms with van der Waals surface area (Å²) in [6.45, 7) is 0.777. The van der Waals surface area contributed by atoms with Crippen molar-refractivity contribution in [2.24, 2.45) is 0 Å². The maximum absolute atomic E-state index is 12.9. The first-order valence-corrected chi connectivity index (χ1v) is 9.59. The Hall–Kier alpha value is -3.62. The molecule has 2 amide bonds. The van der Waals surface area contributed by atoms with Crippen molar-refractivity contribution in [3.63, 3.8) is 0 Å². The molecular weight excluding hydrogens is 390 g/mol. The zero-order chi connectivity index (χ0) is 21.3. The number of ether oxygens (including phenoxy) is 2. The highest BCUT2D eigenvalue weighted by Crippen LogP contribution is 2.35. The molecule has 2 aliphatic heterocycles. The van der Waals surface area contributed by atoms with Gasteiger partial charge in [-0.15, -0.1) is 0 Å².